The van der Waals surface area contributed by atoms with Crippen LogP contribution in [0.25, 0.3) is 0 Å². The molecule has 0 unspecified atom stereocenters. The van der Waals surface area contributed by atoms with Gasteiger partial charge in [-0.25, -0.2) is 24.6 Å². The SMILES string of the molecule is C[Si]1(F)O[Si](C)(F)O[Si](C)(F)O[Si](C)(F)O[Si](C)(F)O[Si](C)(F)O1. The Hall–Kier alpha value is 0.641. The van der Waals surface area contributed by atoms with Gasteiger partial charge in [0, 0.05) is 39.3 Å². The van der Waals surface area contributed by atoms with Crippen molar-refractivity contribution >= 4 is 53.4 Å². The lowest BCUT2D eigenvalue weighted by molar-refractivity contribution is 0.140. The summed E-state index contributed by atoms with van der Waals surface area (Å²) in [6, 6.07) is 0. The molecule has 0 atom stereocenters. The van der Waals surface area contributed by atoms with Crippen LogP contribution in [-0.2, 0) is 24.7 Å². The molecule has 6 nitrogen and oxygen atoms in total. The molecule has 0 saturated carbocycles. The van der Waals surface area contributed by atoms with Crippen LogP contribution in [0.3, 0.4) is 0 Å². The van der Waals surface area contributed by atoms with Gasteiger partial charge in [0.25, 0.3) is 0 Å². The summed E-state index contributed by atoms with van der Waals surface area (Å²) < 4.78 is 112. The van der Waals surface area contributed by atoms with E-state index in [2.05, 4.69) is 24.7 Å². The van der Waals surface area contributed by atoms with E-state index in [0.717, 1.165) is 0 Å². The molecule has 0 aromatic heterocycles. The Balaban J connectivity index is 3.24. The molecule has 0 amide bonds. The van der Waals surface area contributed by atoms with Gasteiger partial charge in [-0.3, -0.25) is 0 Å². The molecular weight excluding hydrogens is 451 g/mol. The van der Waals surface area contributed by atoms with Gasteiger partial charge in [0.1, 0.15) is 0 Å². The second kappa shape index (κ2) is 6.67. The molecule has 0 spiro atoms. The molecule has 144 valence electrons. The highest BCUT2D eigenvalue weighted by Gasteiger charge is 2.62. The van der Waals surface area contributed by atoms with E-state index >= 15 is 0 Å². The van der Waals surface area contributed by atoms with Crippen LogP contribution >= 0.6 is 0 Å². The van der Waals surface area contributed by atoms with Gasteiger partial charge >= 0.3 is 53.4 Å². The van der Waals surface area contributed by atoms with E-state index in [0.29, 0.717) is 39.3 Å². The molecule has 1 aliphatic rings. The van der Waals surface area contributed by atoms with E-state index in [1.807, 2.05) is 0 Å². The first-order valence-corrected chi connectivity index (χ1v) is 19.8. The summed E-state index contributed by atoms with van der Waals surface area (Å²) in [5.41, 5.74) is 0. The largest absolute Gasteiger partial charge is 0.522 e. The molecule has 1 aliphatic heterocycles. The summed E-state index contributed by atoms with van der Waals surface area (Å²) in [7, 11) is -30.3. The fraction of sp³-hybridized carbons (Fsp3) is 1.00. The molecule has 0 N–H and O–H groups in total. The van der Waals surface area contributed by atoms with Crippen molar-refractivity contribution in [1.29, 1.82) is 0 Å². The number of rotatable bonds is 0. The van der Waals surface area contributed by atoms with Gasteiger partial charge in [0.05, 0.1) is 0 Å². The minimum atomic E-state index is -5.06. The Morgan fingerprint density at radius 3 is 0.500 bits per heavy atom. The number of halogens is 6. The Morgan fingerprint density at radius 1 is 0.333 bits per heavy atom. The Bertz CT molecular complexity index is 344. The first-order chi connectivity index (χ1) is 10.2. The maximum atomic E-state index is 14.3. The molecule has 0 radical (unpaired) electrons. The molecule has 24 heavy (non-hydrogen) atoms. The molecule has 0 aliphatic carbocycles. The summed E-state index contributed by atoms with van der Waals surface area (Å²) in [5, 5.41) is 0. The monoisotopic (exact) mass is 468 g/mol. The van der Waals surface area contributed by atoms with Gasteiger partial charge in [-0.15, -0.1) is 0 Å². The normalized spacial score (nSPS) is 55.5. The van der Waals surface area contributed by atoms with Crippen LogP contribution < -0.4 is 0 Å². The van der Waals surface area contributed by atoms with Gasteiger partial charge in [0.15, 0.2) is 0 Å². The average Bonchev–Trinajstić information content (AvgIpc) is 1.98. The number of hydrogen-bond acceptors (Lipinski definition) is 6. The predicted octanol–water partition coefficient (Wildman–Crippen LogP) is 3.33. The highest BCUT2D eigenvalue weighted by atomic mass is 28.6. The summed E-state index contributed by atoms with van der Waals surface area (Å²) in [5.74, 6) is 0. The van der Waals surface area contributed by atoms with Crippen molar-refractivity contribution in [2.75, 3.05) is 0 Å². The van der Waals surface area contributed by atoms with Crippen molar-refractivity contribution < 1.29 is 49.3 Å². The fourth-order valence-electron chi connectivity index (χ4n) is 2.08. The first-order valence-electron chi connectivity index (χ1n) is 6.58. The zero-order valence-electron chi connectivity index (χ0n) is 13.7. The van der Waals surface area contributed by atoms with Crippen LogP contribution in [0, 0.1) is 0 Å². The molecular formula is C6H18F6O6Si6. The Labute approximate surface area is 142 Å². The molecule has 0 aromatic rings. The fourth-order valence-corrected chi connectivity index (χ4v) is 21.0. The smallest absolute Gasteiger partial charge is 0.367 e. The van der Waals surface area contributed by atoms with E-state index in [1.165, 1.54) is 0 Å². The third kappa shape index (κ3) is 7.90. The van der Waals surface area contributed by atoms with Gasteiger partial charge in [-0.05, 0) is 0 Å². The zero-order chi connectivity index (χ0) is 19.2. The lowest BCUT2D eigenvalue weighted by Gasteiger charge is -2.36. The van der Waals surface area contributed by atoms with E-state index < -0.39 is 53.4 Å². The lowest BCUT2D eigenvalue weighted by Crippen LogP contribution is -2.62. The van der Waals surface area contributed by atoms with Gasteiger partial charge in [-0.1, -0.05) is 0 Å². The van der Waals surface area contributed by atoms with E-state index in [-0.39, 0.29) is 0 Å². The highest BCUT2D eigenvalue weighted by molar-refractivity contribution is 6.87. The summed E-state index contributed by atoms with van der Waals surface area (Å²) in [6.07, 6.45) is 0. The first kappa shape index (κ1) is 22.7. The van der Waals surface area contributed by atoms with Gasteiger partial charge in [0.2, 0.25) is 0 Å². The van der Waals surface area contributed by atoms with Crippen LogP contribution in [0.5, 0.6) is 0 Å². The van der Waals surface area contributed by atoms with Crippen molar-refractivity contribution in [2.45, 2.75) is 39.3 Å². The third-order valence-electron chi connectivity index (χ3n) is 2.19. The maximum absolute atomic E-state index is 14.3. The predicted molar refractivity (Wildman–Crippen MR) is 82.9 cm³/mol. The lowest BCUT2D eigenvalue weighted by atomic mass is 11.9. The standard InChI is InChI=1S/C6H18F6O6Si6/c1-19(7)13-20(2,8)15-22(4,10)17-24(6,12)18-23(5,11)16-21(3,9)14-19/h1-6H3. The second-order valence-electron chi connectivity index (χ2n) is 5.62. The number of hydrogen-bond donors (Lipinski definition) is 0. The molecule has 0 bridgehead atoms. The molecule has 0 aromatic carbocycles. The van der Waals surface area contributed by atoms with Crippen LogP contribution in [0.1, 0.15) is 0 Å². The molecule has 1 saturated heterocycles. The van der Waals surface area contributed by atoms with E-state index in [1.54, 1.807) is 0 Å². The zero-order valence-corrected chi connectivity index (χ0v) is 19.7. The molecule has 18 heteroatoms. The van der Waals surface area contributed by atoms with Crippen molar-refractivity contribution in [3.8, 4) is 0 Å². The van der Waals surface area contributed by atoms with Crippen LogP contribution in [0.2, 0.25) is 39.3 Å². The highest BCUT2D eigenvalue weighted by Crippen LogP contribution is 2.33. The molecule has 1 fully saturated rings. The summed E-state index contributed by atoms with van der Waals surface area (Å²) >= 11 is 0. The van der Waals surface area contributed by atoms with E-state index in [4.69, 9.17) is 0 Å². The third-order valence-corrected chi connectivity index (χ3v) is 19.7. The quantitative estimate of drug-likeness (QED) is 0.309. The van der Waals surface area contributed by atoms with Crippen molar-refractivity contribution in [2.24, 2.45) is 0 Å². The van der Waals surface area contributed by atoms with Gasteiger partial charge < -0.3 is 24.7 Å². The van der Waals surface area contributed by atoms with Crippen molar-refractivity contribution in [3.05, 3.63) is 0 Å². The Morgan fingerprint density at radius 2 is 0.417 bits per heavy atom. The molecule has 1 heterocycles. The average molecular weight is 469 g/mol. The van der Waals surface area contributed by atoms with Crippen molar-refractivity contribution in [3.63, 3.8) is 0 Å². The molecule has 1 rings (SSSR count). The minimum Gasteiger partial charge on any atom is -0.367 e. The maximum Gasteiger partial charge on any atom is 0.522 e. The van der Waals surface area contributed by atoms with Crippen molar-refractivity contribution in [1.82, 2.24) is 0 Å². The minimum absolute atomic E-state index is 0.602. The van der Waals surface area contributed by atoms with Crippen LogP contribution in [0.15, 0.2) is 0 Å². The van der Waals surface area contributed by atoms with Gasteiger partial charge in [-0.2, -0.15) is 0 Å². The second-order valence-corrected chi connectivity index (χ2v) is 20.5. The van der Waals surface area contributed by atoms with Crippen LogP contribution in [-0.4, -0.2) is 53.4 Å². The summed E-state index contributed by atoms with van der Waals surface area (Å²) in [6.45, 7) is 3.61. The Kier molecular flexibility index (Phi) is 6.30. The van der Waals surface area contributed by atoms with Crippen LogP contribution in [0.4, 0.5) is 24.6 Å². The summed E-state index contributed by atoms with van der Waals surface area (Å²) in [4.78, 5) is 0. The topological polar surface area (TPSA) is 55.4 Å². The van der Waals surface area contributed by atoms with E-state index in [9.17, 15) is 24.6 Å².